The molecule has 0 aliphatic rings. The highest BCUT2D eigenvalue weighted by Crippen LogP contribution is 2.30. The number of hydrogen-bond acceptors (Lipinski definition) is 6. The summed E-state index contributed by atoms with van der Waals surface area (Å²) >= 11 is 0. The van der Waals surface area contributed by atoms with E-state index in [0.29, 0.717) is 23.6 Å². The number of ether oxygens (including phenoxy) is 3. The molecule has 0 saturated carbocycles. The number of aliphatic hydroxyl groups is 2. The Balaban J connectivity index is 2.07. The minimum atomic E-state index is -0.583. The highest BCUT2D eigenvalue weighted by molar-refractivity contribution is 5.84. The molecule has 7 heteroatoms. The number of methoxy groups -OCH3 is 1. The van der Waals surface area contributed by atoms with Crippen molar-refractivity contribution < 1.29 is 29.2 Å². The van der Waals surface area contributed by atoms with E-state index in [2.05, 4.69) is 5.32 Å². The van der Waals surface area contributed by atoms with Crippen LogP contribution in [0, 0.1) is 5.92 Å². The molecular formula is C21H27NO6. The lowest BCUT2D eigenvalue weighted by atomic mass is 9.94. The molecule has 0 bridgehead atoms. The predicted molar refractivity (Wildman–Crippen MR) is 106 cm³/mol. The first-order valence-electron chi connectivity index (χ1n) is 9.13. The molecule has 2 atom stereocenters. The third-order valence-corrected chi connectivity index (χ3v) is 4.24. The van der Waals surface area contributed by atoms with Crippen molar-refractivity contribution in [2.75, 3.05) is 32.2 Å². The molecule has 28 heavy (non-hydrogen) atoms. The zero-order valence-electron chi connectivity index (χ0n) is 16.1. The number of anilines is 1. The molecule has 2 aromatic rings. The Bertz CT molecular complexity index is 717. The van der Waals surface area contributed by atoms with Crippen molar-refractivity contribution >= 4 is 11.8 Å². The van der Waals surface area contributed by atoms with E-state index in [9.17, 15) is 9.90 Å². The number of hydrogen-bond donors (Lipinski definition) is 3. The van der Waals surface area contributed by atoms with Gasteiger partial charge in [0, 0.05) is 12.3 Å². The quantitative estimate of drug-likeness (QED) is 0.576. The maximum absolute atomic E-state index is 12.4. The van der Waals surface area contributed by atoms with Crippen LogP contribution in [-0.4, -0.2) is 43.2 Å². The Kier molecular flexibility index (Phi) is 8.58. The van der Waals surface area contributed by atoms with E-state index in [-0.39, 0.29) is 25.7 Å². The molecule has 0 aliphatic heterocycles. The smallest absolute Gasteiger partial charge is 0.412 e. The molecule has 2 aromatic carbocycles. The van der Waals surface area contributed by atoms with Crippen molar-refractivity contribution in [3.05, 3.63) is 54.1 Å². The van der Waals surface area contributed by atoms with Crippen LogP contribution in [0.4, 0.5) is 10.5 Å². The summed E-state index contributed by atoms with van der Waals surface area (Å²) in [4.78, 5) is 12.4. The van der Waals surface area contributed by atoms with E-state index in [4.69, 9.17) is 19.3 Å². The molecular weight excluding hydrogens is 362 g/mol. The van der Waals surface area contributed by atoms with E-state index in [0.717, 1.165) is 5.56 Å². The second kappa shape index (κ2) is 11.2. The van der Waals surface area contributed by atoms with Crippen LogP contribution in [0.5, 0.6) is 11.5 Å². The van der Waals surface area contributed by atoms with Crippen LogP contribution in [0.2, 0.25) is 0 Å². The van der Waals surface area contributed by atoms with Gasteiger partial charge in [-0.2, -0.15) is 0 Å². The van der Waals surface area contributed by atoms with Crippen molar-refractivity contribution in [3.8, 4) is 11.5 Å². The van der Waals surface area contributed by atoms with Crippen molar-refractivity contribution in [1.82, 2.24) is 0 Å². The van der Waals surface area contributed by atoms with Gasteiger partial charge in [-0.3, -0.25) is 5.32 Å². The average Bonchev–Trinajstić information content (AvgIpc) is 2.71. The Morgan fingerprint density at radius 3 is 2.21 bits per heavy atom. The molecule has 7 nitrogen and oxygen atoms in total. The minimum absolute atomic E-state index is 0.00117. The number of benzene rings is 2. The summed E-state index contributed by atoms with van der Waals surface area (Å²) in [5.41, 5.74) is 1.38. The highest BCUT2D eigenvalue weighted by Gasteiger charge is 2.23. The van der Waals surface area contributed by atoms with E-state index in [1.165, 1.54) is 0 Å². The molecule has 0 aliphatic carbocycles. The topological polar surface area (TPSA) is 97.3 Å². The second-order valence-corrected chi connectivity index (χ2v) is 6.31. The van der Waals surface area contributed by atoms with Gasteiger partial charge in [-0.15, -0.1) is 0 Å². The van der Waals surface area contributed by atoms with Crippen molar-refractivity contribution in [2.24, 2.45) is 5.92 Å². The maximum atomic E-state index is 12.4. The molecule has 3 N–H and O–H groups in total. The Labute approximate surface area is 164 Å². The van der Waals surface area contributed by atoms with Gasteiger partial charge in [-0.25, -0.2) is 4.79 Å². The summed E-state index contributed by atoms with van der Waals surface area (Å²) in [7, 11) is 1.57. The molecule has 0 radical (unpaired) electrons. The van der Waals surface area contributed by atoms with Crippen LogP contribution in [-0.2, 0) is 4.74 Å². The van der Waals surface area contributed by atoms with Gasteiger partial charge >= 0.3 is 6.09 Å². The summed E-state index contributed by atoms with van der Waals surface area (Å²) in [5, 5.41) is 20.8. The molecule has 0 fully saturated rings. The van der Waals surface area contributed by atoms with Gasteiger partial charge in [-0.1, -0.05) is 19.1 Å². The molecule has 2 rings (SSSR count). The highest BCUT2D eigenvalue weighted by atomic mass is 16.6. The van der Waals surface area contributed by atoms with Gasteiger partial charge < -0.3 is 24.4 Å². The maximum Gasteiger partial charge on any atom is 0.412 e. The monoisotopic (exact) mass is 389 g/mol. The van der Waals surface area contributed by atoms with Crippen LogP contribution < -0.4 is 14.8 Å². The second-order valence-electron chi connectivity index (χ2n) is 6.31. The van der Waals surface area contributed by atoms with Gasteiger partial charge in [0.15, 0.2) is 0 Å². The summed E-state index contributed by atoms with van der Waals surface area (Å²) in [5.74, 6) is 1.22. The first kappa shape index (κ1) is 21.5. The number of carbonyl (C=O) groups excluding carboxylic acids is 1. The van der Waals surface area contributed by atoms with Crippen molar-refractivity contribution in [2.45, 2.75) is 19.4 Å². The van der Waals surface area contributed by atoms with Gasteiger partial charge in [0.2, 0.25) is 0 Å². The van der Waals surface area contributed by atoms with Crippen LogP contribution >= 0.6 is 0 Å². The number of carbonyl (C=O) groups is 1. The lowest BCUT2D eigenvalue weighted by Crippen LogP contribution is -2.22. The Morgan fingerprint density at radius 2 is 1.64 bits per heavy atom. The number of aliphatic hydroxyl groups excluding tert-OH is 2. The van der Waals surface area contributed by atoms with Gasteiger partial charge in [0.05, 0.1) is 13.7 Å². The SMILES string of the molecule is COc1ccc(NC(=O)O[C@H](c2ccc(OCCO)cc2)[C@H](C)CCO)cc1. The van der Waals surface area contributed by atoms with Gasteiger partial charge in [-0.05, 0) is 54.3 Å². The number of rotatable bonds is 10. The summed E-state index contributed by atoms with van der Waals surface area (Å²) in [6.07, 6.45) is -0.624. The lowest BCUT2D eigenvalue weighted by Gasteiger charge is -2.24. The fraction of sp³-hybridized carbons (Fsp3) is 0.381. The normalized spacial score (nSPS) is 12.7. The first-order valence-corrected chi connectivity index (χ1v) is 9.13. The fourth-order valence-electron chi connectivity index (χ4n) is 2.72. The average molecular weight is 389 g/mol. The third-order valence-electron chi connectivity index (χ3n) is 4.24. The summed E-state index contributed by atoms with van der Waals surface area (Å²) < 4.78 is 16.1. The van der Waals surface area contributed by atoms with Crippen LogP contribution in [0.25, 0.3) is 0 Å². The zero-order chi connectivity index (χ0) is 20.4. The fourth-order valence-corrected chi connectivity index (χ4v) is 2.72. The molecule has 0 aromatic heterocycles. The minimum Gasteiger partial charge on any atom is -0.497 e. The molecule has 0 saturated heterocycles. The van der Waals surface area contributed by atoms with E-state index in [1.807, 2.05) is 19.1 Å². The lowest BCUT2D eigenvalue weighted by molar-refractivity contribution is 0.0667. The van der Waals surface area contributed by atoms with Crippen molar-refractivity contribution in [1.29, 1.82) is 0 Å². The van der Waals surface area contributed by atoms with E-state index >= 15 is 0 Å². The number of nitrogens with one attached hydrogen (secondary N) is 1. The standard InChI is InChI=1S/C21H27NO6/c1-15(11-12-23)20(16-3-7-19(8-4-16)27-14-13-24)28-21(25)22-17-5-9-18(26-2)10-6-17/h3-10,15,20,23-24H,11-14H2,1-2H3,(H,22,25)/t15-,20+/m1/s1. The molecule has 0 spiro atoms. The summed E-state index contributed by atoms with van der Waals surface area (Å²) in [6.45, 7) is 2.06. The zero-order valence-corrected chi connectivity index (χ0v) is 16.1. The van der Waals surface area contributed by atoms with Crippen LogP contribution in [0.15, 0.2) is 48.5 Å². The van der Waals surface area contributed by atoms with Gasteiger partial charge in [0.1, 0.15) is 24.2 Å². The largest absolute Gasteiger partial charge is 0.497 e. The summed E-state index contributed by atoms with van der Waals surface area (Å²) in [6, 6.07) is 14.1. The predicted octanol–water partition coefficient (Wildman–Crippen LogP) is 3.37. The van der Waals surface area contributed by atoms with E-state index < -0.39 is 12.2 Å². The molecule has 152 valence electrons. The molecule has 0 heterocycles. The number of amides is 1. The first-order chi connectivity index (χ1) is 13.6. The van der Waals surface area contributed by atoms with Gasteiger partial charge in [0.25, 0.3) is 0 Å². The third kappa shape index (κ3) is 6.44. The Morgan fingerprint density at radius 1 is 1.00 bits per heavy atom. The van der Waals surface area contributed by atoms with E-state index in [1.54, 1.807) is 43.5 Å². The van der Waals surface area contributed by atoms with Crippen LogP contribution in [0.1, 0.15) is 25.0 Å². The van der Waals surface area contributed by atoms with Crippen molar-refractivity contribution in [3.63, 3.8) is 0 Å². The molecule has 1 amide bonds. The molecule has 0 unspecified atom stereocenters. The van der Waals surface area contributed by atoms with Crippen LogP contribution in [0.3, 0.4) is 0 Å². The Hall–Kier alpha value is -2.77.